The average molecular weight is 541 g/mol. The van der Waals surface area contributed by atoms with Crippen LogP contribution in [0.4, 0.5) is 0 Å². The second kappa shape index (κ2) is 10.3. The summed E-state index contributed by atoms with van der Waals surface area (Å²) in [7, 11) is 0. The number of nitrogens with one attached hydrogen (secondary N) is 2. The third-order valence-corrected chi connectivity index (χ3v) is 8.24. The molecule has 0 unspecified atom stereocenters. The number of carbonyl (C=O) groups is 1. The molecule has 3 heterocycles. The summed E-state index contributed by atoms with van der Waals surface area (Å²) in [5.41, 5.74) is 3.66. The number of rotatable bonds is 5. The van der Waals surface area contributed by atoms with Crippen molar-refractivity contribution in [2.24, 2.45) is 0 Å². The Morgan fingerprint density at radius 3 is 2.54 bits per heavy atom. The van der Waals surface area contributed by atoms with Gasteiger partial charge in [0.15, 0.2) is 0 Å². The van der Waals surface area contributed by atoms with E-state index in [0.717, 1.165) is 58.6 Å². The van der Waals surface area contributed by atoms with E-state index in [1.165, 1.54) is 32.1 Å². The fourth-order valence-corrected chi connectivity index (χ4v) is 6.34. The van der Waals surface area contributed by atoms with Crippen LogP contribution in [0.5, 0.6) is 0 Å². The molecule has 0 bridgehead atoms. The van der Waals surface area contributed by atoms with Crippen LogP contribution in [0.3, 0.4) is 0 Å². The molecule has 2 fully saturated rings. The second-order valence-electron chi connectivity index (χ2n) is 10.2. The molecule has 186 valence electrons. The Morgan fingerprint density at radius 1 is 1.09 bits per heavy atom. The number of amides is 1. The lowest BCUT2D eigenvalue weighted by atomic mass is 9.92. The van der Waals surface area contributed by atoms with Crippen molar-refractivity contribution in [1.82, 2.24) is 25.0 Å². The van der Waals surface area contributed by atoms with E-state index < -0.39 is 0 Å². The molecule has 1 amide bonds. The summed E-state index contributed by atoms with van der Waals surface area (Å²) in [6, 6.07) is 6.91. The summed E-state index contributed by atoms with van der Waals surface area (Å²) < 4.78 is 2.96. The third-order valence-electron chi connectivity index (χ3n) is 7.78. The van der Waals surface area contributed by atoms with Crippen LogP contribution in [-0.2, 0) is 6.54 Å². The molecule has 2 N–H and O–H groups in total. The van der Waals surface area contributed by atoms with Crippen molar-refractivity contribution < 1.29 is 4.79 Å². The first-order valence-corrected chi connectivity index (χ1v) is 13.6. The summed E-state index contributed by atoms with van der Waals surface area (Å²) in [6.45, 7) is 6.16. The third kappa shape index (κ3) is 5.09. The number of carbonyl (C=O) groups excluding carboxylic acids is 1. The van der Waals surface area contributed by atoms with Crippen molar-refractivity contribution in [2.45, 2.75) is 77.4 Å². The van der Waals surface area contributed by atoms with E-state index in [4.69, 9.17) is 5.10 Å². The summed E-state index contributed by atoms with van der Waals surface area (Å²) in [5, 5.41) is 8.52. The van der Waals surface area contributed by atoms with Crippen LogP contribution in [-0.4, -0.2) is 44.7 Å². The molecule has 1 saturated heterocycles. The molecule has 0 radical (unpaired) electrons. The van der Waals surface area contributed by atoms with Gasteiger partial charge in [0.1, 0.15) is 0 Å². The number of aryl methyl sites for hydroxylation is 2. The van der Waals surface area contributed by atoms with Gasteiger partial charge in [-0.2, -0.15) is 5.10 Å². The first-order chi connectivity index (χ1) is 16.9. The topological polar surface area (TPSA) is 83.0 Å². The van der Waals surface area contributed by atoms with Crippen molar-refractivity contribution in [3.05, 3.63) is 61.6 Å². The number of H-pyrrole nitrogens is 1. The van der Waals surface area contributed by atoms with E-state index >= 15 is 0 Å². The van der Waals surface area contributed by atoms with Gasteiger partial charge in [0.05, 0.1) is 23.3 Å². The van der Waals surface area contributed by atoms with Gasteiger partial charge in [-0.05, 0) is 63.3 Å². The van der Waals surface area contributed by atoms with Gasteiger partial charge in [-0.25, -0.2) is 0 Å². The van der Waals surface area contributed by atoms with Gasteiger partial charge in [0, 0.05) is 46.8 Å². The first kappa shape index (κ1) is 24.3. The highest BCUT2D eigenvalue weighted by atomic mass is 79.9. The fourth-order valence-electron chi connectivity index (χ4n) is 5.90. The lowest BCUT2D eigenvalue weighted by Gasteiger charge is -2.39. The van der Waals surface area contributed by atoms with Gasteiger partial charge in [0.2, 0.25) is 0 Å². The maximum absolute atomic E-state index is 13.2. The minimum Gasteiger partial charge on any atom is -0.348 e. The number of benzene rings is 1. The van der Waals surface area contributed by atoms with Crippen molar-refractivity contribution in [3.8, 4) is 0 Å². The molecule has 8 heteroatoms. The molecular formula is C27H34BrN5O2. The molecule has 0 spiro atoms. The lowest BCUT2D eigenvalue weighted by molar-refractivity contribution is 0.0952. The smallest absolute Gasteiger partial charge is 0.253 e. The summed E-state index contributed by atoms with van der Waals surface area (Å²) in [4.78, 5) is 31.0. The van der Waals surface area contributed by atoms with Gasteiger partial charge in [-0.15, -0.1) is 0 Å². The standard InChI is InChI=1S/C27H34BrN5O2/c1-17-12-18(2)31-27(35)23(17)15-29-26(34)22-13-19(28)14-25-24(22)16-30-33(25)21-8-10-32(11-9-21)20-6-4-3-5-7-20/h12-14,16,20-21H,3-11,15H2,1-2H3,(H,29,34)(H,31,35). The number of likely N-dealkylation sites (tertiary alicyclic amines) is 1. The molecule has 1 aliphatic carbocycles. The van der Waals surface area contributed by atoms with Crippen LogP contribution >= 0.6 is 15.9 Å². The molecule has 1 saturated carbocycles. The van der Waals surface area contributed by atoms with E-state index in [1.807, 2.05) is 32.2 Å². The quantitative estimate of drug-likeness (QED) is 0.477. The molecule has 5 rings (SSSR count). The highest BCUT2D eigenvalue weighted by Gasteiger charge is 2.28. The van der Waals surface area contributed by atoms with Gasteiger partial charge in [-0.3, -0.25) is 14.3 Å². The van der Waals surface area contributed by atoms with Crippen molar-refractivity contribution in [2.75, 3.05) is 13.1 Å². The number of pyridine rings is 1. The number of aromatic nitrogens is 3. The van der Waals surface area contributed by atoms with Crippen LogP contribution < -0.4 is 10.9 Å². The normalized spacial score (nSPS) is 18.3. The van der Waals surface area contributed by atoms with Gasteiger partial charge >= 0.3 is 0 Å². The van der Waals surface area contributed by atoms with Crippen molar-refractivity contribution >= 4 is 32.7 Å². The SMILES string of the molecule is Cc1cc(C)c(CNC(=O)c2cc(Br)cc3c2cnn3C2CCN(C3CCCCC3)CC2)c(=O)[nH]1. The molecule has 35 heavy (non-hydrogen) atoms. The molecule has 2 aliphatic rings. The van der Waals surface area contributed by atoms with Crippen LogP contribution in [0.1, 0.15) is 78.2 Å². The molecule has 0 atom stereocenters. The number of hydrogen-bond donors (Lipinski definition) is 2. The first-order valence-electron chi connectivity index (χ1n) is 12.8. The Kier molecular flexibility index (Phi) is 7.12. The highest BCUT2D eigenvalue weighted by molar-refractivity contribution is 9.10. The summed E-state index contributed by atoms with van der Waals surface area (Å²) in [6.07, 6.45) is 10.8. The lowest BCUT2D eigenvalue weighted by Crippen LogP contribution is -2.42. The average Bonchev–Trinajstić information content (AvgIpc) is 3.27. The fraction of sp³-hybridized carbons (Fsp3) is 0.519. The van der Waals surface area contributed by atoms with Crippen LogP contribution in [0.2, 0.25) is 0 Å². The summed E-state index contributed by atoms with van der Waals surface area (Å²) in [5.74, 6) is -0.206. The van der Waals surface area contributed by atoms with Crippen LogP contribution in [0.25, 0.3) is 10.9 Å². The van der Waals surface area contributed by atoms with Crippen LogP contribution in [0, 0.1) is 13.8 Å². The largest absolute Gasteiger partial charge is 0.348 e. The highest BCUT2D eigenvalue weighted by Crippen LogP contribution is 2.32. The predicted octanol–water partition coefficient (Wildman–Crippen LogP) is 5.00. The van der Waals surface area contributed by atoms with E-state index in [2.05, 4.69) is 41.9 Å². The Labute approximate surface area is 214 Å². The second-order valence-corrected chi connectivity index (χ2v) is 11.1. The van der Waals surface area contributed by atoms with E-state index in [9.17, 15) is 9.59 Å². The van der Waals surface area contributed by atoms with Crippen molar-refractivity contribution in [3.63, 3.8) is 0 Å². The Balaban J connectivity index is 1.33. The van der Waals surface area contributed by atoms with Gasteiger partial charge < -0.3 is 15.2 Å². The van der Waals surface area contributed by atoms with Gasteiger partial charge in [0.25, 0.3) is 11.5 Å². The maximum Gasteiger partial charge on any atom is 0.253 e. The molecule has 1 aliphatic heterocycles. The van der Waals surface area contributed by atoms with Gasteiger partial charge in [-0.1, -0.05) is 35.2 Å². The van der Waals surface area contributed by atoms with E-state index in [0.29, 0.717) is 17.2 Å². The van der Waals surface area contributed by atoms with Crippen LogP contribution in [0.15, 0.2) is 33.7 Å². The van der Waals surface area contributed by atoms with E-state index in [1.54, 1.807) is 0 Å². The molecular weight excluding hydrogens is 506 g/mol. The molecule has 7 nitrogen and oxygen atoms in total. The minimum atomic E-state index is -0.206. The van der Waals surface area contributed by atoms with Crippen molar-refractivity contribution in [1.29, 1.82) is 0 Å². The number of halogens is 1. The predicted molar refractivity (Wildman–Crippen MR) is 142 cm³/mol. The number of piperidine rings is 1. The maximum atomic E-state index is 13.2. The molecule has 2 aromatic heterocycles. The Hall–Kier alpha value is -2.45. The number of nitrogens with zero attached hydrogens (tertiary/aromatic N) is 3. The zero-order valence-corrected chi connectivity index (χ0v) is 22.2. The zero-order chi connectivity index (χ0) is 24.5. The number of hydrogen-bond acceptors (Lipinski definition) is 4. The number of aromatic amines is 1. The monoisotopic (exact) mass is 539 g/mol. The molecule has 3 aromatic rings. The summed E-state index contributed by atoms with van der Waals surface area (Å²) >= 11 is 3.60. The Bertz CT molecular complexity index is 1280. The molecule has 1 aromatic carbocycles. The Morgan fingerprint density at radius 2 is 1.83 bits per heavy atom. The zero-order valence-electron chi connectivity index (χ0n) is 20.6. The minimum absolute atomic E-state index is 0.158. The van der Waals surface area contributed by atoms with E-state index in [-0.39, 0.29) is 18.0 Å². The number of fused-ring (bicyclic) bond motifs is 1.